The van der Waals surface area contributed by atoms with Gasteiger partial charge < -0.3 is 15.6 Å². The summed E-state index contributed by atoms with van der Waals surface area (Å²) in [4.78, 5) is 0. The predicted molar refractivity (Wildman–Crippen MR) is 77.4 cm³/mol. The van der Waals surface area contributed by atoms with E-state index in [0.717, 1.165) is 17.7 Å². The Hall–Kier alpha value is -1.06. The summed E-state index contributed by atoms with van der Waals surface area (Å²) in [6, 6.07) is 7.95. The second-order valence-corrected chi connectivity index (χ2v) is 5.44. The van der Waals surface area contributed by atoms with Crippen LogP contribution in [0.25, 0.3) is 0 Å². The van der Waals surface area contributed by atoms with E-state index in [1.807, 2.05) is 31.2 Å². The van der Waals surface area contributed by atoms with Crippen LogP contribution in [0.5, 0.6) is 5.75 Å². The maximum Gasteiger partial charge on any atom is 0.119 e. The van der Waals surface area contributed by atoms with Crippen LogP contribution in [0.1, 0.15) is 44.1 Å². The van der Waals surface area contributed by atoms with Crippen LogP contribution in [0, 0.1) is 5.92 Å². The highest BCUT2D eigenvalue weighted by Gasteiger charge is 2.26. The Labute approximate surface area is 115 Å². The minimum absolute atomic E-state index is 0.0382. The quantitative estimate of drug-likeness (QED) is 0.795. The normalized spacial score (nSPS) is 18.7. The van der Waals surface area contributed by atoms with E-state index in [1.165, 1.54) is 19.3 Å². The topological polar surface area (TPSA) is 55.5 Å². The van der Waals surface area contributed by atoms with Gasteiger partial charge in [-0.3, -0.25) is 0 Å². The first-order chi connectivity index (χ1) is 9.24. The van der Waals surface area contributed by atoms with E-state index < -0.39 is 0 Å². The summed E-state index contributed by atoms with van der Waals surface area (Å²) in [7, 11) is 0. The van der Waals surface area contributed by atoms with Crippen molar-refractivity contribution in [1.29, 1.82) is 0 Å². The molecule has 1 aliphatic carbocycles. The Morgan fingerprint density at radius 3 is 2.47 bits per heavy atom. The maximum absolute atomic E-state index is 10.4. The van der Waals surface area contributed by atoms with Crippen molar-refractivity contribution in [3.05, 3.63) is 29.8 Å². The Morgan fingerprint density at radius 2 is 2.00 bits per heavy atom. The molecule has 1 aromatic rings. The molecular weight excluding hydrogens is 238 g/mol. The van der Waals surface area contributed by atoms with Crippen molar-refractivity contribution in [2.75, 3.05) is 13.2 Å². The van der Waals surface area contributed by atoms with Crippen LogP contribution in [0.4, 0.5) is 0 Å². The molecule has 3 N–H and O–H groups in total. The molecule has 1 saturated carbocycles. The summed E-state index contributed by atoms with van der Waals surface area (Å²) in [6.45, 7) is 3.13. The van der Waals surface area contributed by atoms with Crippen LogP contribution in [-0.4, -0.2) is 24.4 Å². The molecule has 19 heavy (non-hydrogen) atoms. The standard InChI is InChI=1S/C16H25NO2/c1-2-19-14-8-6-13(7-9-14)15(11-17)16(18)10-12-4-3-5-12/h6-9,12,15-16,18H,2-5,10-11,17H2,1H3. The molecule has 0 saturated heterocycles. The molecule has 3 heteroatoms. The summed E-state index contributed by atoms with van der Waals surface area (Å²) in [6.07, 6.45) is 4.39. The number of hydrogen-bond acceptors (Lipinski definition) is 3. The number of aliphatic hydroxyl groups excluding tert-OH is 1. The number of aliphatic hydroxyl groups is 1. The van der Waals surface area contributed by atoms with E-state index in [4.69, 9.17) is 10.5 Å². The van der Waals surface area contributed by atoms with E-state index in [0.29, 0.717) is 19.1 Å². The Balaban J connectivity index is 1.98. The highest BCUT2D eigenvalue weighted by atomic mass is 16.5. The number of nitrogens with two attached hydrogens (primary N) is 1. The van der Waals surface area contributed by atoms with Crippen LogP contribution < -0.4 is 10.5 Å². The van der Waals surface area contributed by atoms with Gasteiger partial charge in [0.15, 0.2) is 0 Å². The van der Waals surface area contributed by atoms with Crippen LogP contribution in [0.2, 0.25) is 0 Å². The zero-order chi connectivity index (χ0) is 13.7. The largest absolute Gasteiger partial charge is 0.494 e. The molecule has 2 unspecified atom stereocenters. The third-order valence-electron chi connectivity index (χ3n) is 4.14. The first-order valence-corrected chi connectivity index (χ1v) is 7.35. The van der Waals surface area contributed by atoms with Gasteiger partial charge >= 0.3 is 0 Å². The van der Waals surface area contributed by atoms with Gasteiger partial charge in [-0.2, -0.15) is 0 Å². The molecule has 3 nitrogen and oxygen atoms in total. The first kappa shape index (κ1) is 14.4. The predicted octanol–water partition coefficient (Wildman–Crippen LogP) is 2.68. The molecule has 2 rings (SSSR count). The maximum atomic E-state index is 10.4. The highest BCUT2D eigenvalue weighted by molar-refractivity contribution is 5.30. The van der Waals surface area contributed by atoms with Gasteiger partial charge in [0.2, 0.25) is 0 Å². The molecule has 0 radical (unpaired) electrons. The van der Waals surface area contributed by atoms with Crippen molar-refractivity contribution in [1.82, 2.24) is 0 Å². The van der Waals surface area contributed by atoms with Crippen molar-refractivity contribution < 1.29 is 9.84 Å². The van der Waals surface area contributed by atoms with Crippen molar-refractivity contribution >= 4 is 0 Å². The lowest BCUT2D eigenvalue weighted by atomic mass is 9.78. The summed E-state index contributed by atoms with van der Waals surface area (Å²) >= 11 is 0. The number of hydrogen-bond donors (Lipinski definition) is 2. The molecule has 0 aliphatic heterocycles. The van der Waals surface area contributed by atoms with Crippen LogP contribution in [0.15, 0.2) is 24.3 Å². The molecule has 0 aromatic heterocycles. The second-order valence-electron chi connectivity index (χ2n) is 5.44. The smallest absolute Gasteiger partial charge is 0.119 e. The average Bonchev–Trinajstić information content (AvgIpc) is 2.37. The SMILES string of the molecule is CCOc1ccc(C(CN)C(O)CC2CCC2)cc1. The average molecular weight is 263 g/mol. The fourth-order valence-electron chi connectivity index (χ4n) is 2.73. The van der Waals surface area contributed by atoms with E-state index in [-0.39, 0.29) is 12.0 Å². The van der Waals surface area contributed by atoms with Crippen molar-refractivity contribution in [2.24, 2.45) is 11.7 Å². The Morgan fingerprint density at radius 1 is 1.32 bits per heavy atom. The molecule has 0 bridgehead atoms. The van der Waals surface area contributed by atoms with Crippen molar-refractivity contribution in [2.45, 2.75) is 44.6 Å². The molecule has 0 heterocycles. The fraction of sp³-hybridized carbons (Fsp3) is 0.625. The highest BCUT2D eigenvalue weighted by Crippen LogP contribution is 2.34. The molecular formula is C16H25NO2. The van der Waals surface area contributed by atoms with E-state index in [9.17, 15) is 5.11 Å². The van der Waals surface area contributed by atoms with E-state index in [1.54, 1.807) is 0 Å². The molecule has 106 valence electrons. The van der Waals surface area contributed by atoms with Gasteiger partial charge in [-0.25, -0.2) is 0 Å². The van der Waals surface area contributed by atoms with Crippen LogP contribution >= 0.6 is 0 Å². The summed E-state index contributed by atoms with van der Waals surface area (Å²) in [5, 5.41) is 10.4. The van der Waals surface area contributed by atoms with Gasteiger partial charge in [0.25, 0.3) is 0 Å². The van der Waals surface area contributed by atoms with E-state index >= 15 is 0 Å². The minimum atomic E-state index is -0.326. The lowest BCUT2D eigenvalue weighted by Gasteiger charge is -2.31. The van der Waals surface area contributed by atoms with Gasteiger partial charge in [-0.05, 0) is 37.0 Å². The Bertz CT molecular complexity index is 373. The minimum Gasteiger partial charge on any atom is -0.494 e. The molecule has 0 spiro atoms. The zero-order valence-electron chi connectivity index (χ0n) is 11.7. The summed E-state index contributed by atoms with van der Waals surface area (Å²) < 4.78 is 5.43. The van der Waals surface area contributed by atoms with Gasteiger partial charge in [-0.15, -0.1) is 0 Å². The summed E-state index contributed by atoms with van der Waals surface area (Å²) in [5.41, 5.74) is 6.96. The van der Waals surface area contributed by atoms with Gasteiger partial charge in [0.1, 0.15) is 5.75 Å². The van der Waals surface area contributed by atoms with Crippen LogP contribution in [0.3, 0.4) is 0 Å². The lowest BCUT2D eigenvalue weighted by Crippen LogP contribution is -2.29. The molecule has 2 atom stereocenters. The van der Waals surface area contributed by atoms with Gasteiger partial charge in [-0.1, -0.05) is 31.4 Å². The molecule has 0 amide bonds. The fourth-order valence-corrected chi connectivity index (χ4v) is 2.73. The van der Waals surface area contributed by atoms with Gasteiger partial charge in [0, 0.05) is 12.5 Å². The van der Waals surface area contributed by atoms with Crippen molar-refractivity contribution in [3.8, 4) is 5.75 Å². The summed E-state index contributed by atoms with van der Waals surface area (Å²) in [5.74, 6) is 1.61. The third-order valence-corrected chi connectivity index (χ3v) is 4.14. The third kappa shape index (κ3) is 3.71. The number of ether oxygens (including phenoxy) is 1. The molecule has 1 fully saturated rings. The number of benzene rings is 1. The Kier molecular flexibility index (Phi) is 5.23. The second kappa shape index (κ2) is 6.92. The van der Waals surface area contributed by atoms with E-state index in [2.05, 4.69) is 0 Å². The number of rotatable bonds is 7. The lowest BCUT2D eigenvalue weighted by molar-refractivity contribution is 0.0951. The zero-order valence-corrected chi connectivity index (χ0v) is 11.7. The molecule has 1 aromatic carbocycles. The molecule has 1 aliphatic rings. The van der Waals surface area contributed by atoms with Crippen molar-refractivity contribution in [3.63, 3.8) is 0 Å². The first-order valence-electron chi connectivity index (χ1n) is 7.35. The monoisotopic (exact) mass is 263 g/mol. The van der Waals surface area contributed by atoms with Gasteiger partial charge in [0.05, 0.1) is 12.7 Å². The van der Waals surface area contributed by atoms with Crippen LogP contribution in [-0.2, 0) is 0 Å².